The molecule has 1 nitrogen and oxygen atoms in total. The van der Waals surface area contributed by atoms with Crippen LogP contribution in [0.2, 0.25) is 0 Å². The average Bonchev–Trinajstić information content (AvgIpc) is 2.53. The molecule has 1 aliphatic heterocycles. The van der Waals surface area contributed by atoms with Crippen LogP contribution in [0.3, 0.4) is 0 Å². The van der Waals surface area contributed by atoms with Gasteiger partial charge in [0.25, 0.3) is 0 Å². The van der Waals surface area contributed by atoms with Gasteiger partial charge < -0.3 is 5.32 Å². The molecule has 0 aromatic heterocycles. The van der Waals surface area contributed by atoms with Gasteiger partial charge in [0.15, 0.2) is 0 Å². The van der Waals surface area contributed by atoms with E-state index in [4.69, 9.17) is 0 Å². The summed E-state index contributed by atoms with van der Waals surface area (Å²) in [6.07, 6.45) is 5.86. The molecule has 1 N–H and O–H groups in total. The molecule has 1 aliphatic carbocycles. The third kappa shape index (κ3) is 2.98. The number of fused-ring (bicyclic) bond motifs is 1. The first-order valence-electron chi connectivity index (χ1n) is 5.61. The van der Waals surface area contributed by atoms with Crippen molar-refractivity contribution in [1.29, 1.82) is 0 Å². The van der Waals surface area contributed by atoms with Gasteiger partial charge in [-0.25, -0.2) is 0 Å². The van der Waals surface area contributed by atoms with Crippen LogP contribution >= 0.6 is 0 Å². The van der Waals surface area contributed by atoms with Crippen molar-refractivity contribution in [3.8, 4) is 0 Å². The predicted molar refractivity (Wildman–Crippen MR) is 61.0 cm³/mol. The van der Waals surface area contributed by atoms with Crippen molar-refractivity contribution in [2.45, 2.75) is 59.9 Å². The molecule has 13 heavy (non-hydrogen) atoms. The van der Waals surface area contributed by atoms with E-state index in [2.05, 4.69) is 12.2 Å². The summed E-state index contributed by atoms with van der Waals surface area (Å²) < 4.78 is 0. The van der Waals surface area contributed by atoms with E-state index in [0.29, 0.717) is 0 Å². The molecule has 3 unspecified atom stereocenters. The van der Waals surface area contributed by atoms with Crippen molar-refractivity contribution < 1.29 is 0 Å². The first-order chi connectivity index (χ1) is 5.88. The van der Waals surface area contributed by atoms with Crippen LogP contribution in [-0.4, -0.2) is 12.6 Å². The van der Waals surface area contributed by atoms with Crippen LogP contribution < -0.4 is 5.32 Å². The molecule has 0 bridgehead atoms. The van der Waals surface area contributed by atoms with Gasteiger partial charge in [-0.2, -0.15) is 0 Å². The summed E-state index contributed by atoms with van der Waals surface area (Å²) in [5.74, 6) is 1.97. The van der Waals surface area contributed by atoms with E-state index in [-0.39, 0.29) is 7.43 Å². The monoisotopic (exact) mass is 185 g/mol. The van der Waals surface area contributed by atoms with Gasteiger partial charge >= 0.3 is 0 Å². The maximum atomic E-state index is 3.61. The normalized spacial score (nSPS) is 36.7. The van der Waals surface area contributed by atoms with E-state index in [1.54, 1.807) is 0 Å². The number of nitrogens with one attached hydrogen (secondary N) is 1. The Labute approximate surface area is 84.3 Å². The zero-order chi connectivity index (χ0) is 8.97. The summed E-state index contributed by atoms with van der Waals surface area (Å²) in [5.41, 5.74) is 0. The molecule has 0 amide bonds. The lowest BCUT2D eigenvalue weighted by atomic mass is 9.81. The van der Waals surface area contributed by atoms with Crippen LogP contribution in [0.4, 0.5) is 0 Å². The molecule has 0 aromatic carbocycles. The van der Waals surface area contributed by atoms with Crippen molar-refractivity contribution >= 4 is 0 Å². The van der Waals surface area contributed by atoms with Crippen LogP contribution in [0.5, 0.6) is 0 Å². The summed E-state index contributed by atoms with van der Waals surface area (Å²) in [4.78, 5) is 0. The molecular weight excluding hydrogens is 158 g/mol. The topological polar surface area (TPSA) is 12.0 Å². The molecule has 1 heterocycles. The largest absolute Gasteiger partial charge is 0.313 e. The molecule has 2 rings (SSSR count). The highest BCUT2D eigenvalue weighted by Gasteiger charge is 2.34. The van der Waals surface area contributed by atoms with Gasteiger partial charge in [0.05, 0.1) is 0 Å². The Morgan fingerprint density at radius 3 is 2.31 bits per heavy atom. The van der Waals surface area contributed by atoms with Gasteiger partial charge in [-0.05, 0) is 31.2 Å². The smallest absolute Gasteiger partial charge is 0.00984 e. The summed E-state index contributed by atoms with van der Waals surface area (Å²) in [6.45, 7) is 7.66. The number of rotatable bonds is 0. The molecule has 1 heteroatoms. The molecule has 0 spiro atoms. The Morgan fingerprint density at radius 2 is 1.69 bits per heavy atom. The predicted octanol–water partition coefficient (Wildman–Crippen LogP) is 3.45. The van der Waals surface area contributed by atoms with Gasteiger partial charge in [0, 0.05) is 6.04 Å². The minimum Gasteiger partial charge on any atom is -0.313 e. The molecule has 2 fully saturated rings. The van der Waals surface area contributed by atoms with Gasteiger partial charge in [0.2, 0.25) is 0 Å². The SMILES string of the molecule is C.CC.CC1CNC2CCCCC12. The van der Waals surface area contributed by atoms with E-state index in [1.165, 1.54) is 32.2 Å². The minimum absolute atomic E-state index is 0. The second kappa shape index (κ2) is 6.42. The summed E-state index contributed by atoms with van der Waals surface area (Å²) in [7, 11) is 0. The van der Waals surface area contributed by atoms with E-state index in [1.807, 2.05) is 13.8 Å². The third-order valence-corrected chi connectivity index (χ3v) is 3.25. The third-order valence-electron chi connectivity index (χ3n) is 3.25. The van der Waals surface area contributed by atoms with Crippen molar-refractivity contribution in [2.24, 2.45) is 11.8 Å². The van der Waals surface area contributed by atoms with E-state index in [0.717, 1.165) is 17.9 Å². The van der Waals surface area contributed by atoms with Crippen molar-refractivity contribution in [3.63, 3.8) is 0 Å². The zero-order valence-corrected chi connectivity index (χ0v) is 8.77. The summed E-state index contributed by atoms with van der Waals surface area (Å²) in [5, 5.41) is 3.61. The van der Waals surface area contributed by atoms with E-state index >= 15 is 0 Å². The molecule has 1 saturated carbocycles. The van der Waals surface area contributed by atoms with Crippen LogP contribution in [0.25, 0.3) is 0 Å². The molecule has 1 saturated heterocycles. The lowest BCUT2D eigenvalue weighted by molar-refractivity contribution is 0.285. The fourth-order valence-corrected chi connectivity index (χ4v) is 2.58. The fraction of sp³-hybridized carbons (Fsp3) is 1.00. The highest BCUT2D eigenvalue weighted by atomic mass is 15.0. The summed E-state index contributed by atoms with van der Waals surface area (Å²) >= 11 is 0. The maximum Gasteiger partial charge on any atom is 0.00984 e. The minimum atomic E-state index is 0. The van der Waals surface area contributed by atoms with Crippen LogP contribution in [-0.2, 0) is 0 Å². The second-order valence-electron chi connectivity index (χ2n) is 3.94. The fourth-order valence-electron chi connectivity index (χ4n) is 2.58. The van der Waals surface area contributed by atoms with E-state index in [9.17, 15) is 0 Å². The van der Waals surface area contributed by atoms with Crippen molar-refractivity contribution in [3.05, 3.63) is 0 Å². The molecule has 0 aromatic rings. The van der Waals surface area contributed by atoms with Gasteiger partial charge in [-0.15, -0.1) is 0 Å². The number of hydrogen-bond donors (Lipinski definition) is 1. The van der Waals surface area contributed by atoms with Crippen LogP contribution in [0.15, 0.2) is 0 Å². The molecule has 2 aliphatic rings. The Hall–Kier alpha value is -0.0400. The molecule has 80 valence electrons. The molecule has 0 radical (unpaired) electrons. The Balaban J connectivity index is 0.000000451. The highest BCUT2D eigenvalue weighted by molar-refractivity contribution is 4.90. The average molecular weight is 185 g/mol. The van der Waals surface area contributed by atoms with Crippen molar-refractivity contribution in [2.75, 3.05) is 6.54 Å². The second-order valence-corrected chi connectivity index (χ2v) is 3.94. The lowest BCUT2D eigenvalue weighted by Crippen LogP contribution is -2.29. The lowest BCUT2D eigenvalue weighted by Gasteiger charge is -2.26. The van der Waals surface area contributed by atoms with Gasteiger partial charge in [-0.3, -0.25) is 0 Å². The Morgan fingerprint density at radius 1 is 1.08 bits per heavy atom. The standard InChI is InChI=1S/C9H17N.C2H6.CH4/c1-7-6-10-9-5-3-2-4-8(7)9;1-2;/h7-10H,2-6H2,1H3;1-2H3;1H4. The Kier molecular flexibility index (Phi) is 6.40. The zero-order valence-electron chi connectivity index (χ0n) is 8.77. The molecular formula is C12H27N. The van der Waals surface area contributed by atoms with Gasteiger partial charge in [-0.1, -0.05) is 41.0 Å². The van der Waals surface area contributed by atoms with E-state index < -0.39 is 0 Å². The molecule has 3 atom stereocenters. The Bertz CT molecular complexity index is 120. The van der Waals surface area contributed by atoms with Crippen LogP contribution in [0.1, 0.15) is 53.9 Å². The van der Waals surface area contributed by atoms with Crippen LogP contribution in [0, 0.1) is 11.8 Å². The summed E-state index contributed by atoms with van der Waals surface area (Å²) in [6, 6.07) is 0.892. The first-order valence-corrected chi connectivity index (χ1v) is 5.61. The maximum absolute atomic E-state index is 3.61. The quantitative estimate of drug-likeness (QED) is 0.609. The van der Waals surface area contributed by atoms with Gasteiger partial charge in [0.1, 0.15) is 0 Å². The first kappa shape index (κ1) is 13.0. The van der Waals surface area contributed by atoms with Crippen molar-refractivity contribution in [1.82, 2.24) is 5.32 Å². The highest BCUT2D eigenvalue weighted by Crippen LogP contribution is 2.33. The number of hydrogen-bond acceptors (Lipinski definition) is 1.